The molecule has 1 heterocycles. The van der Waals surface area contributed by atoms with Crippen LogP contribution in [0, 0.1) is 0 Å². The number of nitrogens with two attached hydrogens (primary N) is 2. The van der Waals surface area contributed by atoms with Gasteiger partial charge in [0.25, 0.3) is 0 Å². The van der Waals surface area contributed by atoms with Gasteiger partial charge >= 0.3 is 5.82 Å². The Morgan fingerprint density at radius 2 is 2.44 bits per heavy atom. The molecule has 1 aromatic rings. The zero-order valence-corrected chi connectivity index (χ0v) is 4.69. The second-order valence-electron chi connectivity index (χ2n) is 1.59. The molecule has 0 aliphatic heterocycles. The minimum atomic E-state index is 0.231. The predicted molar refractivity (Wildman–Crippen MR) is 30.3 cm³/mol. The highest BCUT2D eigenvalue weighted by Gasteiger charge is 2.09. The molecule has 0 amide bonds. The summed E-state index contributed by atoms with van der Waals surface area (Å²) in [5, 5.41) is 0. The molecule has 0 spiro atoms. The number of rotatable bonds is 1. The summed E-state index contributed by atoms with van der Waals surface area (Å²) >= 11 is 0. The summed E-state index contributed by atoms with van der Waals surface area (Å²) < 4.78 is 2.29. The Bertz CT molecular complexity index is 209. The third-order valence-electron chi connectivity index (χ3n) is 1.02. The Kier molecular flexibility index (Phi) is 1.11. The van der Waals surface area contributed by atoms with Crippen LogP contribution < -0.4 is 16.4 Å². The smallest absolute Gasteiger partial charge is 0.289 e. The van der Waals surface area contributed by atoms with Crippen molar-refractivity contribution in [2.75, 3.05) is 11.7 Å². The molecule has 1 aromatic heterocycles. The Balaban J connectivity index is 3.22. The van der Waals surface area contributed by atoms with Crippen molar-refractivity contribution in [1.29, 1.82) is 0 Å². The fourth-order valence-electron chi connectivity index (χ4n) is 0.551. The molecule has 9 heavy (non-hydrogen) atoms. The summed E-state index contributed by atoms with van der Waals surface area (Å²) in [6.45, 7) is 0. The van der Waals surface area contributed by atoms with Crippen molar-refractivity contribution in [3.63, 3.8) is 0 Å². The molecular formula is C4H7N4O+. The van der Waals surface area contributed by atoms with Gasteiger partial charge in [-0.1, -0.05) is 0 Å². The van der Waals surface area contributed by atoms with Crippen molar-refractivity contribution in [2.45, 2.75) is 0 Å². The standard InChI is InChI=1S/C4H6N4O/c5-7-1-2-8(6)4(7)3-9/h1-3H,(H3-,5,6,9)/p+1. The zero-order valence-electron chi connectivity index (χ0n) is 4.69. The molecule has 1 rings (SSSR count). The van der Waals surface area contributed by atoms with Gasteiger partial charge in [0.2, 0.25) is 6.29 Å². The Hall–Kier alpha value is -1.52. The summed E-state index contributed by atoms with van der Waals surface area (Å²) in [6, 6.07) is 0. The van der Waals surface area contributed by atoms with Gasteiger partial charge in [0.1, 0.15) is 0 Å². The van der Waals surface area contributed by atoms with Crippen LogP contribution in [0.4, 0.5) is 0 Å². The first kappa shape index (κ1) is 5.61. The van der Waals surface area contributed by atoms with Crippen LogP contribution in [0.25, 0.3) is 0 Å². The van der Waals surface area contributed by atoms with E-state index in [9.17, 15) is 4.79 Å². The average molecular weight is 127 g/mol. The Labute approximate surface area is 51.4 Å². The Morgan fingerprint density at radius 1 is 1.78 bits per heavy atom. The van der Waals surface area contributed by atoms with Gasteiger partial charge < -0.3 is 0 Å². The van der Waals surface area contributed by atoms with Gasteiger partial charge in [0, 0.05) is 0 Å². The number of carbonyl (C=O) groups excluding carboxylic acids is 1. The largest absolute Gasteiger partial charge is 0.368 e. The van der Waals surface area contributed by atoms with Gasteiger partial charge in [-0.05, 0) is 0 Å². The van der Waals surface area contributed by atoms with Crippen molar-refractivity contribution >= 4 is 6.29 Å². The second-order valence-corrected chi connectivity index (χ2v) is 1.59. The molecule has 0 bridgehead atoms. The van der Waals surface area contributed by atoms with Crippen LogP contribution in [0.3, 0.4) is 0 Å². The lowest BCUT2D eigenvalue weighted by molar-refractivity contribution is -0.639. The van der Waals surface area contributed by atoms with Gasteiger partial charge in [0.15, 0.2) is 12.4 Å². The monoisotopic (exact) mass is 127 g/mol. The minimum Gasteiger partial charge on any atom is -0.289 e. The normalized spacial score (nSPS) is 9.33. The number of aldehydes is 1. The van der Waals surface area contributed by atoms with E-state index in [1.807, 2.05) is 0 Å². The molecule has 0 saturated carbocycles. The van der Waals surface area contributed by atoms with E-state index in [1.54, 1.807) is 0 Å². The summed E-state index contributed by atoms with van der Waals surface area (Å²) in [5.41, 5.74) is 0. The van der Waals surface area contributed by atoms with E-state index in [4.69, 9.17) is 11.7 Å². The minimum absolute atomic E-state index is 0.231. The maximum Gasteiger partial charge on any atom is 0.368 e. The lowest BCUT2D eigenvalue weighted by atomic mass is 10.7. The van der Waals surface area contributed by atoms with Crippen LogP contribution >= 0.6 is 0 Å². The maximum atomic E-state index is 10.1. The van der Waals surface area contributed by atoms with E-state index in [0.29, 0.717) is 6.29 Å². The van der Waals surface area contributed by atoms with E-state index in [-0.39, 0.29) is 5.82 Å². The highest BCUT2D eigenvalue weighted by molar-refractivity contribution is 5.67. The lowest BCUT2D eigenvalue weighted by Crippen LogP contribution is -2.47. The first-order valence-electron chi connectivity index (χ1n) is 2.34. The number of carbonyl (C=O) groups is 1. The highest BCUT2D eigenvalue weighted by atomic mass is 16.1. The van der Waals surface area contributed by atoms with Crippen LogP contribution in [0.1, 0.15) is 10.6 Å². The van der Waals surface area contributed by atoms with E-state index in [1.165, 1.54) is 12.4 Å². The van der Waals surface area contributed by atoms with Crippen molar-refractivity contribution in [2.24, 2.45) is 0 Å². The second kappa shape index (κ2) is 1.77. The van der Waals surface area contributed by atoms with Gasteiger partial charge in [-0.2, -0.15) is 0 Å². The van der Waals surface area contributed by atoms with Crippen molar-refractivity contribution in [3.8, 4) is 0 Å². The molecule has 0 aliphatic rings. The fraction of sp³-hybridized carbons (Fsp3) is 0. The van der Waals surface area contributed by atoms with Gasteiger partial charge in [-0.15, -0.1) is 9.35 Å². The van der Waals surface area contributed by atoms with Crippen LogP contribution in [-0.2, 0) is 0 Å². The molecule has 4 N–H and O–H groups in total. The van der Waals surface area contributed by atoms with Crippen LogP contribution in [0.5, 0.6) is 0 Å². The average Bonchev–Trinajstić information content (AvgIpc) is 2.12. The number of hydrogen-bond acceptors (Lipinski definition) is 3. The van der Waals surface area contributed by atoms with Crippen molar-refractivity contribution < 1.29 is 9.47 Å². The molecule has 0 saturated heterocycles. The molecule has 5 nitrogen and oxygen atoms in total. The first-order valence-corrected chi connectivity index (χ1v) is 2.34. The molecule has 0 unspecified atom stereocenters. The maximum absolute atomic E-state index is 10.1. The highest BCUT2D eigenvalue weighted by Crippen LogP contribution is 1.79. The van der Waals surface area contributed by atoms with E-state index < -0.39 is 0 Å². The van der Waals surface area contributed by atoms with E-state index in [0.717, 1.165) is 9.35 Å². The molecule has 48 valence electrons. The number of imidazole rings is 1. The topological polar surface area (TPSA) is 77.9 Å². The van der Waals surface area contributed by atoms with Crippen molar-refractivity contribution in [1.82, 2.24) is 4.68 Å². The van der Waals surface area contributed by atoms with E-state index >= 15 is 0 Å². The zero-order chi connectivity index (χ0) is 6.85. The molecular weight excluding hydrogens is 120 g/mol. The molecule has 0 aromatic carbocycles. The fourth-order valence-corrected chi connectivity index (χ4v) is 0.551. The lowest BCUT2D eigenvalue weighted by Gasteiger charge is -1.83. The summed E-state index contributed by atoms with van der Waals surface area (Å²) in [4.78, 5) is 10.1. The van der Waals surface area contributed by atoms with Crippen LogP contribution in [-0.4, -0.2) is 11.0 Å². The molecule has 0 fully saturated rings. The molecule has 0 radical (unpaired) electrons. The third kappa shape index (κ3) is 0.716. The molecule has 5 heteroatoms. The van der Waals surface area contributed by atoms with Crippen LogP contribution in [0.15, 0.2) is 12.4 Å². The SMILES string of the molecule is Nn1cc[n+](N)c1C=O. The van der Waals surface area contributed by atoms with Crippen LogP contribution in [0.2, 0.25) is 0 Å². The number of nitrogens with zero attached hydrogens (tertiary/aromatic N) is 2. The summed E-state index contributed by atoms with van der Waals surface area (Å²) in [7, 11) is 0. The van der Waals surface area contributed by atoms with E-state index in [2.05, 4.69) is 0 Å². The summed E-state index contributed by atoms with van der Waals surface area (Å²) in [5.74, 6) is 10.7. The van der Waals surface area contributed by atoms with Crippen molar-refractivity contribution in [3.05, 3.63) is 18.2 Å². The predicted octanol–water partition coefficient (Wildman–Crippen LogP) is -1.98. The number of aromatic nitrogens is 2. The number of hydrogen-bond donors (Lipinski definition) is 2. The Morgan fingerprint density at radius 3 is 2.67 bits per heavy atom. The quantitative estimate of drug-likeness (QED) is 0.260. The third-order valence-corrected chi connectivity index (χ3v) is 1.02. The number of nitrogen functional groups attached to an aromatic ring is 2. The van der Waals surface area contributed by atoms with Gasteiger partial charge in [-0.25, -0.2) is 0 Å². The van der Waals surface area contributed by atoms with Gasteiger partial charge in [-0.3, -0.25) is 16.5 Å². The summed E-state index contributed by atoms with van der Waals surface area (Å²) in [6.07, 6.45) is 3.56. The first-order chi connectivity index (χ1) is 4.25. The van der Waals surface area contributed by atoms with Gasteiger partial charge in [0.05, 0.1) is 0 Å². The molecule has 0 aliphatic carbocycles. The molecule has 0 atom stereocenters.